The van der Waals surface area contributed by atoms with Gasteiger partial charge in [-0.05, 0) is 41.8 Å². The number of nitrogens with zero attached hydrogens (tertiary/aromatic N) is 1. The highest BCUT2D eigenvalue weighted by Crippen LogP contribution is 2.36. The van der Waals surface area contributed by atoms with Crippen LogP contribution in [0.15, 0.2) is 53.6 Å². The van der Waals surface area contributed by atoms with Crippen molar-refractivity contribution in [1.29, 1.82) is 0 Å². The Kier molecular flexibility index (Phi) is 3.85. The zero-order valence-electron chi connectivity index (χ0n) is 13.5. The normalized spacial score (nSPS) is 13.6. The SMILES string of the molecule is CN1C(=O)CSc2ccc(NC(=O)Nc3ccc4cc[nH]c4c3)cc21. The number of H-pyrrole nitrogens is 1. The molecule has 0 saturated heterocycles. The number of rotatable bonds is 2. The van der Waals surface area contributed by atoms with Crippen LogP contribution in [0.3, 0.4) is 0 Å². The minimum atomic E-state index is -0.330. The molecule has 3 N–H and O–H groups in total. The van der Waals surface area contributed by atoms with Crippen molar-refractivity contribution in [1.82, 2.24) is 4.98 Å². The van der Waals surface area contributed by atoms with Crippen LogP contribution in [0, 0.1) is 0 Å². The summed E-state index contributed by atoms with van der Waals surface area (Å²) in [5.74, 6) is 0.496. The Morgan fingerprint density at radius 3 is 2.72 bits per heavy atom. The van der Waals surface area contributed by atoms with Crippen LogP contribution in [0.25, 0.3) is 10.9 Å². The maximum atomic E-state index is 12.3. The molecular formula is C18H16N4O2S. The monoisotopic (exact) mass is 352 g/mol. The molecule has 0 aliphatic carbocycles. The molecule has 3 amide bonds. The number of benzene rings is 2. The number of hydrogen-bond acceptors (Lipinski definition) is 3. The lowest BCUT2D eigenvalue weighted by atomic mass is 10.2. The summed E-state index contributed by atoms with van der Waals surface area (Å²) in [7, 11) is 1.75. The molecule has 0 atom stereocenters. The summed E-state index contributed by atoms with van der Waals surface area (Å²) in [6.45, 7) is 0. The van der Waals surface area contributed by atoms with E-state index in [2.05, 4.69) is 15.6 Å². The summed E-state index contributed by atoms with van der Waals surface area (Å²) in [6, 6.07) is 12.9. The average Bonchev–Trinajstić information content (AvgIpc) is 3.06. The third kappa shape index (κ3) is 3.06. The minimum absolute atomic E-state index is 0.0540. The third-order valence-corrected chi connectivity index (χ3v) is 5.16. The molecule has 2 heterocycles. The molecule has 0 radical (unpaired) electrons. The van der Waals surface area contributed by atoms with E-state index >= 15 is 0 Å². The lowest BCUT2D eigenvalue weighted by Crippen LogP contribution is -2.31. The summed E-state index contributed by atoms with van der Waals surface area (Å²) >= 11 is 1.51. The first kappa shape index (κ1) is 15.6. The van der Waals surface area contributed by atoms with Crippen molar-refractivity contribution in [2.24, 2.45) is 0 Å². The predicted molar refractivity (Wildman–Crippen MR) is 102 cm³/mol. The summed E-state index contributed by atoms with van der Waals surface area (Å²) in [4.78, 5) is 29.8. The lowest BCUT2D eigenvalue weighted by molar-refractivity contribution is -0.116. The summed E-state index contributed by atoms with van der Waals surface area (Å²) < 4.78 is 0. The smallest absolute Gasteiger partial charge is 0.323 e. The lowest BCUT2D eigenvalue weighted by Gasteiger charge is -2.25. The molecule has 6 nitrogen and oxygen atoms in total. The first-order chi connectivity index (χ1) is 12.1. The molecule has 25 heavy (non-hydrogen) atoms. The molecule has 7 heteroatoms. The molecule has 4 rings (SSSR count). The first-order valence-electron chi connectivity index (χ1n) is 7.79. The van der Waals surface area contributed by atoms with Gasteiger partial charge in [0.25, 0.3) is 0 Å². The molecule has 0 fully saturated rings. The highest BCUT2D eigenvalue weighted by atomic mass is 32.2. The minimum Gasteiger partial charge on any atom is -0.361 e. The van der Waals surface area contributed by atoms with Crippen LogP contribution in [0.5, 0.6) is 0 Å². The Bertz CT molecular complexity index is 982. The second kappa shape index (κ2) is 6.18. The van der Waals surface area contributed by atoms with Gasteiger partial charge in [-0.25, -0.2) is 4.79 Å². The highest BCUT2D eigenvalue weighted by molar-refractivity contribution is 8.00. The van der Waals surface area contributed by atoms with Crippen molar-refractivity contribution in [3.8, 4) is 0 Å². The molecule has 1 aliphatic rings. The van der Waals surface area contributed by atoms with E-state index in [0.29, 0.717) is 17.1 Å². The van der Waals surface area contributed by atoms with Gasteiger partial charge < -0.3 is 20.5 Å². The van der Waals surface area contributed by atoms with E-state index in [1.54, 1.807) is 11.9 Å². The Balaban J connectivity index is 1.50. The van der Waals surface area contributed by atoms with E-state index in [-0.39, 0.29) is 11.9 Å². The van der Waals surface area contributed by atoms with Crippen LogP contribution >= 0.6 is 11.8 Å². The van der Waals surface area contributed by atoms with Gasteiger partial charge in [0.2, 0.25) is 5.91 Å². The number of anilines is 3. The summed E-state index contributed by atoms with van der Waals surface area (Å²) in [5.41, 5.74) is 3.11. The first-order valence-corrected chi connectivity index (χ1v) is 8.77. The van der Waals surface area contributed by atoms with Gasteiger partial charge in [0.1, 0.15) is 0 Å². The topological polar surface area (TPSA) is 77.2 Å². The Labute approximate surface area is 148 Å². The van der Waals surface area contributed by atoms with E-state index in [0.717, 1.165) is 21.5 Å². The number of thioether (sulfide) groups is 1. The number of amides is 3. The van der Waals surface area contributed by atoms with Crippen LogP contribution in [0.4, 0.5) is 21.9 Å². The Morgan fingerprint density at radius 2 is 1.88 bits per heavy atom. The predicted octanol–water partition coefficient (Wildman–Crippen LogP) is 3.88. The molecular weight excluding hydrogens is 336 g/mol. The molecule has 0 saturated carbocycles. The fourth-order valence-corrected chi connectivity index (χ4v) is 3.75. The van der Waals surface area contributed by atoms with Crippen molar-refractivity contribution in [2.75, 3.05) is 28.3 Å². The van der Waals surface area contributed by atoms with Crippen molar-refractivity contribution in [2.45, 2.75) is 4.90 Å². The average molecular weight is 352 g/mol. The van der Waals surface area contributed by atoms with E-state index in [4.69, 9.17) is 0 Å². The third-order valence-electron chi connectivity index (χ3n) is 4.12. The molecule has 3 aromatic rings. The van der Waals surface area contributed by atoms with Crippen LogP contribution in [-0.4, -0.2) is 29.7 Å². The molecule has 126 valence electrons. The Hall–Kier alpha value is -2.93. The number of aromatic amines is 1. The van der Waals surface area contributed by atoms with Crippen molar-refractivity contribution >= 4 is 51.7 Å². The highest BCUT2D eigenvalue weighted by Gasteiger charge is 2.21. The second-order valence-electron chi connectivity index (χ2n) is 5.78. The quantitative estimate of drug-likeness (QED) is 0.655. The van der Waals surface area contributed by atoms with Crippen LogP contribution in [0.2, 0.25) is 0 Å². The number of nitrogens with one attached hydrogen (secondary N) is 3. The summed E-state index contributed by atoms with van der Waals surface area (Å²) in [6.07, 6.45) is 1.86. The standard InChI is InChI=1S/C18H16N4O2S/c1-22-15-9-13(4-5-16(15)25-10-17(22)23)21-18(24)20-12-3-2-11-6-7-19-14(11)8-12/h2-9,19H,10H2,1H3,(H2,20,21,24). The van der Waals surface area contributed by atoms with E-state index < -0.39 is 0 Å². The van der Waals surface area contributed by atoms with Crippen LogP contribution in [-0.2, 0) is 4.79 Å². The molecule has 0 bridgehead atoms. The Morgan fingerprint density at radius 1 is 1.12 bits per heavy atom. The second-order valence-corrected chi connectivity index (χ2v) is 6.80. The van der Waals surface area contributed by atoms with E-state index in [1.165, 1.54) is 11.8 Å². The molecule has 0 unspecified atom stereocenters. The number of hydrogen-bond donors (Lipinski definition) is 3. The number of urea groups is 1. The van der Waals surface area contributed by atoms with Gasteiger partial charge >= 0.3 is 6.03 Å². The molecule has 1 aromatic heterocycles. The largest absolute Gasteiger partial charge is 0.361 e. The van der Waals surface area contributed by atoms with Gasteiger partial charge in [-0.1, -0.05) is 6.07 Å². The molecule has 0 spiro atoms. The van der Waals surface area contributed by atoms with E-state index in [9.17, 15) is 9.59 Å². The summed E-state index contributed by atoms with van der Waals surface area (Å²) in [5, 5.41) is 6.72. The van der Waals surface area contributed by atoms with Gasteiger partial charge in [0.05, 0.1) is 11.4 Å². The van der Waals surface area contributed by atoms with Gasteiger partial charge in [0.15, 0.2) is 0 Å². The molecule has 1 aliphatic heterocycles. The van der Waals surface area contributed by atoms with Gasteiger partial charge in [-0.15, -0.1) is 11.8 Å². The number of aromatic nitrogens is 1. The number of carbonyl (C=O) groups excluding carboxylic acids is 2. The zero-order valence-corrected chi connectivity index (χ0v) is 14.3. The van der Waals surface area contributed by atoms with Gasteiger partial charge in [0, 0.05) is 35.0 Å². The fraction of sp³-hybridized carbons (Fsp3) is 0.111. The van der Waals surface area contributed by atoms with Crippen LogP contribution in [0.1, 0.15) is 0 Å². The maximum absolute atomic E-state index is 12.3. The number of fused-ring (bicyclic) bond motifs is 2. The van der Waals surface area contributed by atoms with E-state index in [1.807, 2.05) is 48.7 Å². The van der Waals surface area contributed by atoms with Crippen LogP contribution < -0.4 is 15.5 Å². The van der Waals surface area contributed by atoms with Crippen molar-refractivity contribution in [3.63, 3.8) is 0 Å². The molecule has 2 aromatic carbocycles. The van der Waals surface area contributed by atoms with Crippen molar-refractivity contribution in [3.05, 3.63) is 48.7 Å². The van der Waals surface area contributed by atoms with Gasteiger partial charge in [-0.3, -0.25) is 4.79 Å². The zero-order chi connectivity index (χ0) is 17.4. The van der Waals surface area contributed by atoms with Crippen molar-refractivity contribution < 1.29 is 9.59 Å². The van der Waals surface area contributed by atoms with Gasteiger partial charge in [-0.2, -0.15) is 0 Å². The fourth-order valence-electron chi connectivity index (χ4n) is 2.77. The maximum Gasteiger partial charge on any atom is 0.323 e. The number of carbonyl (C=O) groups is 2.